The fraction of sp³-hybridized carbons (Fsp3) is 0.167. The average molecular weight is 186 g/mol. The highest BCUT2D eigenvalue weighted by Crippen LogP contribution is 2.31. The van der Waals surface area contributed by atoms with Gasteiger partial charge in [-0.3, -0.25) is 0 Å². The molecule has 0 aromatic heterocycles. The van der Waals surface area contributed by atoms with Gasteiger partial charge in [-0.2, -0.15) is 0 Å². The second-order valence-corrected chi connectivity index (χ2v) is 3.41. The SMILES string of the molecule is C1=CC2=C(OC1)Oc1ccccc1C2. The summed E-state index contributed by atoms with van der Waals surface area (Å²) in [7, 11) is 0. The van der Waals surface area contributed by atoms with Gasteiger partial charge in [-0.1, -0.05) is 24.3 Å². The normalized spacial score (nSPS) is 18.0. The van der Waals surface area contributed by atoms with E-state index in [1.165, 1.54) is 5.56 Å². The molecule has 0 saturated heterocycles. The van der Waals surface area contributed by atoms with Crippen molar-refractivity contribution in [2.24, 2.45) is 0 Å². The molecule has 2 aliphatic heterocycles. The van der Waals surface area contributed by atoms with Crippen molar-refractivity contribution in [1.82, 2.24) is 0 Å². The van der Waals surface area contributed by atoms with Crippen LogP contribution in [0.3, 0.4) is 0 Å². The van der Waals surface area contributed by atoms with Gasteiger partial charge >= 0.3 is 0 Å². The molecule has 70 valence electrons. The van der Waals surface area contributed by atoms with Crippen LogP contribution >= 0.6 is 0 Å². The van der Waals surface area contributed by atoms with Crippen molar-refractivity contribution < 1.29 is 9.47 Å². The first-order valence-electron chi connectivity index (χ1n) is 4.72. The van der Waals surface area contributed by atoms with Gasteiger partial charge in [0, 0.05) is 12.0 Å². The summed E-state index contributed by atoms with van der Waals surface area (Å²) in [6.07, 6.45) is 4.99. The molecule has 14 heavy (non-hydrogen) atoms. The van der Waals surface area contributed by atoms with Gasteiger partial charge < -0.3 is 9.47 Å². The van der Waals surface area contributed by atoms with E-state index in [0.717, 1.165) is 17.7 Å². The van der Waals surface area contributed by atoms with Crippen LogP contribution in [0.5, 0.6) is 5.75 Å². The summed E-state index contributed by atoms with van der Waals surface area (Å²) in [6.45, 7) is 0.612. The Morgan fingerprint density at radius 3 is 3.07 bits per heavy atom. The number of rotatable bonds is 0. The molecule has 0 fully saturated rings. The van der Waals surface area contributed by atoms with E-state index in [9.17, 15) is 0 Å². The van der Waals surface area contributed by atoms with Crippen molar-refractivity contribution in [2.45, 2.75) is 6.42 Å². The summed E-state index contributed by atoms with van der Waals surface area (Å²) in [5, 5.41) is 0. The summed E-state index contributed by atoms with van der Waals surface area (Å²) < 4.78 is 11.1. The molecule has 3 rings (SSSR count). The van der Waals surface area contributed by atoms with Crippen molar-refractivity contribution >= 4 is 0 Å². The lowest BCUT2D eigenvalue weighted by Crippen LogP contribution is -2.14. The van der Waals surface area contributed by atoms with Gasteiger partial charge in [0.15, 0.2) is 0 Å². The van der Waals surface area contributed by atoms with E-state index < -0.39 is 0 Å². The van der Waals surface area contributed by atoms with Crippen LogP contribution < -0.4 is 4.74 Å². The molecule has 0 amide bonds. The second kappa shape index (κ2) is 2.91. The lowest BCUT2D eigenvalue weighted by Gasteiger charge is -2.23. The molecule has 0 radical (unpaired) electrons. The Labute approximate surface area is 82.5 Å². The molecule has 2 heteroatoms. The van der Waals surface area contributed by atoms with Gasteiger partial charge in [-0.25, -0.2) is 0 Å². The van der Waals surface area contributed by atoms with Crippen molar-refractivity contribution in [2.75, 3.05) is 6.61 Å². The molecule has 0 atom stereocenters. The van der Waals surface area contributed by atoms with Crippen LogP contribution in [0.2, 0.25) is 0 Å². The van der Waals surface area contributed by atoms with Gasteiger partial charge in [-0.15, -0.1) is 0 Å². The summed E-state index contributed by atoms with van der Waals surface area (Å²) >= 11 is 0. The van der Waals surface area contributed by atoms with Crippen LogP contribution in [0, 0.1) is 0 Å². The van der Waals surface area contributed by atoms with Crippen LogP contribution in [0.4, 0.5) is 0 Å². The topological polar surface area (TPSA) is 18.5 Å². The second-order valence-electron chi connectivity index (χ2n) is 3.41. The summed E-state index contributed by atoms with van der Waals surface area (Å²) in [4.78, 5) is 0. The van der Waals surface area contributed by atoms with Crippen molar-refractivity contribution in [3.63, 3.8) is 0 Å². The highest BCUT2D eigenvalue weighted by molar-refractivity contribution is 5.44. The van der Waals surface area contributed by atoms with E-state index in [2.05, 4.69) is 12.1 Å². The molecule has 0 saturated carbocycles. The van der Waals surface area contributed by atoms with Crippen LogP contribution in [0.15, 0.2) is 47.9 Å². The van der Waals surface area contributed by atoms with Crippen molar-refractivity contribution in [3.05, 3.63) is 53.5 Å². The van der Waals surface area contributed by atoms with Gasteiger partial charge in [0.2, 0.25) is 0 Å². The Hall–Kier alpha value is -1.70. The number of hydrogen-bond donors (Lipinski definition) is 0. The molecule has 2 aliphatic rings. The third-order valence-corrected chi connectivity index (χ3v) is 2.45. The average Bonchev–Trinajstić information content (AvgIpc) is 2.26. The maximum absolute atomic E-state index is 5.64. The Bertz CT molecular complexity index is 430. The standard InChI is InChI=1S/C12H10O2/c1-2-6-11-9(4-1)8-10-5-3-7-13-12(10)14-11/h1-6H,7-8H2. The van der Waals surface area contributed by atoms with Crippen LogP contribution in [-0.2, 0) is 11.2 Å². The number of benzene rings is 1. The summed E-state index contributed by atoms with van der Waals surface area (Å²) in [5.74, 6) is 1.59. The quantitative estimate of drug-likeness (QED) is 0.619. The lowest BCUT2D eigenvalue weighted by atomic mass is 10.0. The minimum absolute atomic E-state index is 0.612. The highest BCUT2D eigenvalue weighted by atomic mass is 16.7. The summed E-state index contributed by atoms with van der Waals surface area (Å²) in [5.41, 5.74) is 2.36. The Kier molecular flexibility index (Phi) is 1.60. The van der Waals surface area contributed by atoms with Crippen molar-refractivity contribution in [1.29, 1.82) is 0 Å². The first-order valence-corrected chi connectivity index (χ1v) is 4.72. The van der Waals surface area contributed by atoms with E-state index >= 15 is 0 Å². The molecule has 0 bridgehead atoms. The molecule has 1 aromatic carbocycles. The first kappa shape index (κ1) is 7.68. The van der Waals surface area contributed by atoms with E-state index in [-0.39, 0.29) is 0 Å². The van der Waals surface area contributed by atoms with Crippen LogP contribution in [-0.4, -0.2) is 6.61 Å². The van der Waals surface area contributed by atoms with E-state index in [1.54, 1.807) is 0 Å². The fourth-order valence-corrected chi connectivity index (χ4v) is 1.76. The predicted octanol–water partition coefficient (Wildman–Crippen LogP) is 2.42. The van der Waals surface area contributed by atoms with Crippen molar-refractivity contribution in [3.8, 4) is 5.75 Å². The highest BCUT2D eigenvalue weighted by Gasteiger charge is 2.20. The van der Waals surface area contributed by atoms with Gasteiger partial charge in [0.25, 0.3) is 5.95 Å². The number of ether oxygens (including phenoxy) is 2. The molecule has 1 aromatic rings. The minimum Gasteiger partial charge on any atom is -0.461 e. The molecule has 2 heterocycles. The van der Waals surface area contributed by atoms with Gasteiger partial charge in [0.05, 0.1) is 0 Å². The molecule has 2 nitrogen and oxygen atoms in total. The largest absolute Gasteiger partial charge is 0.461 e. The van der Waals surface area contributed by atoms with E-state index in [0.29, 0.717) is 12.6 Å². The Morgan fingerprint density at radius 1 is 1.14 bits per heavy atom. The first-order chi connectivity index (χ1) is 6.93. The molecule has 0 N–H and O–H groups in total. The molecular weight excluding hydrogens is 176 g/mol. The van der Waals surface area contributed by atoms with Crippen LogP contribution in [0.1, 0.15) is 5.56 Å². The van der Waals surface area contributed by atoms with E-state index in [1.807, 2.05) is 24.3 Å². The smallest absolute Gasteiger partial charge is 0.288 e. The minimum atomic E-state index is 0.612. The third kappa shape index (κ3) is 1.11. The van der Waals surface area contributed by atoms with E-state index in [4.69, 9.17) is 9.47 Å². The zero-order chi connectivity index (χ0) is 9.38. The maximum Gasteiger partial charge on any atom is 0.288 e. The Balaban J connectivity index is 2.03. The molecule has 0 aliphatic carbocycles. The monoisotopic (exact) mass is 186 g/mol. The predicted molar refractivity (Wildman–Crippen MR) is 52.9 cm³/mol. The zero-order valence-corrected chi connectivity index (χ0v) is 7.69. The van der Waals surface area contributed by atoms with Gasteiger partial charge in [-0.05, 0) is 17.7 Å². The Morgan fingerprint density at radius 2 is 2.07 bits per heavy atom. The third-order valence-electron chi connectivity index (χ3n) is 2.45. The molecular formula is C12H10O2. The van der Waals surface area contributed by atoms with Gasteiger partial charge in [0.1, 0.15) is 12.4 Å². The number of allylic oxidation sites excluding steroid dienone is 2. The number of fused-ring (bicyclic) bond motifs is 1. The zero-order valence-electron chi connectivity index (χ0n) is 7.69. The number of hydrogen-bond acceptors (Lipinski definition) is 2. The fourth-order valence-electron chi connectivity index (χ4n) is 1.76. The number of para-hydroxylation sites is 1. The summed E-state index contributed by atoms with van der Waals surface area (Å²) in [6, 6.07) is 8.06. The molecule has 0 spiro atoms. The van der Waals surface area contributed by atoms with Crippen LogP contribution in [0.25, 0.3) is 0 Å². The lowest BCUT2D eigenvalue weighted by molar-refractivity contribution is 0.114. The maximum atomic E-state index is 5.64. The molecule has 0 unspecified atom stereocenters.